The molecule has 2 heterocycles. The van der Waals surface area contributed by atoms with Crippen LogP contribution in [0.1, 0.15) is 26.0 Å². The fourth-order valence-corrected chi connectivity index (χ4v) is 1.88. The van der Waals surface area contributed by atoms with Crippen LogP contribution in [0.4, 0.5) is 5.69 Å². The first-order chi connectivity index (χ1) is 6.49. The fraction of sp³-hybridized carbons (Fsp3) is 0.667. The molecule has 1 aliphatic rings. The van der Waals surface area contributed by atoms with E-state index < -0.39 is 0 Å². The Bertz CT molecular complexity index is 381. The van der Waals surface area contributed by atoms with Crippen molar-refractivity contribution in [1.29, 1.82) is 0 Å². The number of fused-ring (bicyclic) bond motifs is 1. The lowest BCUT2D eigenvalue weighted by atomic mass is 9.82. The van der Waals surface area contributed by atoms with E-state index in [1.54, 1.807) is 4.68 Å². The average Bonchev–Trinajstić information content (AvgIpc) is 2.44. The van der Waals surface area contributed by atoms with Gasteiger partial charge in [0.15, 0.2) is 0 Å². The van der Waals surface area contributed by atoms with E-state index in [4.69, 9.17) is 0 Å². The van der Waals surface area contributed by atoms with Crippen LogP contribution in [0, 0.1) is 15.5 Å². The van der Waals surface area contributed by atoms with Gasteiger partial charge in [-0.05, 0) is 11.8 Å². The summed E-state index contributed by atoms with van der Waals surface area (Å²) < 4.78 is 1.75. The Morgan fingerprint density at radius 1 is 1.64 bits per heavy atom. The topological polar surface area (TPSA) is 61.0 Å². The molecule has 5 heteroatoms. The van der Waals surface area contributed by atoms with Gasteiger partial charge in [-0.25, -0.2) is 0 Å². The Balaban J connectivity index is 2.42. The molecule has 1 aromatic rings. The minimum Gasteiger partial charge on any atom is -0.262 e. The molecule has 0 atom stereocenters. The zero-order valence-electron chi connectivity index (χ0n) is 8.36. The van der Waals surface area contributed by atoms with Crippen molar-refractivity contribution in [3.8, 4) is 0 Å². The molecule has 0 unspecified atom stereocenters. The highest BCUT2D eigenvalue weighted by Gasteiger charge is 2.31. The van der Waals surface area contributed by atoms with Crippen LogP contribution in [0.15, 0.2) is 6.20 Å². The maximum atomic E-state index is 10.7. The minimum absolute atomic E-state index is 0.154. The van der Waals surface area contributed by atoms with E-state index in [9.17, 15) is 10.1 Å². The van der Waals surface area contributed by atoms with Crippen LogP contribution in [0.5, 0.6) is 0 Å². The second kappa shape index (κ2) is 2.80. The first kappa shape index (κ1) is 9.18. The zero-order valence-corrected chi connectivity index (χ0v) is 8.36. The number of hydrogen-bond donors (Lipinski definition) is 0. The van der Waals surface area contributed by atoms with Crippen molar-refractivity contribution in [3.63, 3.8) is 0 Å². The molecule has 2 rings (SSSR count). The number of nitro groups is 1. The molecule has 0 N–H and O–H groups in total. The van der Waals surface area contributed by atoms with Crippen LogP contribution >= 0.6 is 0 Å². The highest BCUT2D eigenvalue weighted by Crippen LogP contribution is 2.34. The van der Waals surface area contributed by atoms with E-state index in [1.807, 2.05) is 0 Å². The SMILES string of the molecule is CC1(C)CCn2ncc([N+](=O)[O-])c2C1. The Morgan fingerprint density at radius 3 is 3.00 bits per heavy atom. The maximum Gasteiger partial charge on any atom is 0.310 e. The van der Waals surface area contributed by atoms with Crippen LogP contribution in [0.2, 0.25) is 0 Å². The first-order valence-electron chi connectivity index (χ1n) is 4.69. The average molecular weight is 195 g/mol. The summed E-state index contributed by atoms with van der Waals surface area (Å²) in [5.41, 5.74) is 1.09. The van der Waals surface area contributed by atoms with Gasteiger partial charge in [0.25, 0.3) is 0 Å². The van der Waals surface area contributed by atoms with Gasteiger partial charge in [-0.2, -0.15) is 5.10 Å². The third kappa shape index (κ3) is 1.38. The fourth-order valence-electron chi connectivity index (χ4n) is 1.88. The number of aryl methyl sites for hydroxylation is 1. The molecule has 0 radical (unpaired) electrons. The number of rotatable bonds is 1. The van der Waals surface area contributed by atoms with Crippen molar-refractivity contribution >= 4 is 5.69 Å². The molecule has 1 aromatic heterocycles. The van der Waals surface area contributed by atoms with E-state index in [1.165, 1.54) is 6.20 Å². The van der Waals surface area contributed by atoms with Gasteiger partial charge in [0.05, 0.1) is 4.92 Å². The molecule has 1 aliphatic heterocycles. The van der Waals surface area contributed by atoms with E-state index in [-0.39, 0.29) is 16.0 Å². The van der Waals surface area contributed by atoms with Gasteiger partial charge in [-0.15, -0.1) is 0 Å². The summed E-state index contributed by atoms with van der Waals surface area (Å²) in [6, 6.07) is 0. The third-order valence-corrected chi connectivity index (χ3v) is 2.77. The largest absolute Gasteiger partial charge is 0.310 e. The van der Waals surface area contributed by atoms with Crippen LogP contribution in [0.25, 0.3) is 0 Å². The number of nitrogens with zero attached hydrogens (tertiary/aromatic N) is 3. The molecule has 0 fully saturated rings. The van der Waals surface area contributed by atoms with Crippen LogP contribution in [0.3, 0.4) is 0 Å². The van der Waals surface area contributed by atoms with Gasteiger partial charge < -0.3 is 0 Å². The van der Waals surface area contributed by atoms with Crippen LogP contribution in [-0.2, 0) is 13.0 Å². The predicted octanol–water partition coefficient (Wildman–Crippen LogP) is 1.76. The summed E-state index contributed by atoms with van der Waals surface area (Å²) in [7, 11) is 0. The van der Waals surface area contributed by atoms with Crippen molar-refractivity contribution in [3.05, 3.63) is 22.0 Å². The maximum absolute atomic E-state index is 10.7. The van der Waals surface area contributed by atoms with Crippen molar-refractivity contribution in [2.45, 2.75) is 33.2 Å². The van der Waals surface area contributed by atoms with E-state index >= 15 is 0 Å². The molecule has 0 saturated heterocycles. The summed E-state index contributed by atoms with van der Waals surface area (Å²) in [5, 5.41) is 14.7. The van der Waals surface area contributed by atoms with Crippen molar-refractivity contribution in [2.24, 2.45) is 5.41 Å². The molecule has 0 aliphatic carbocycles. The van der Waals surface area contributed by atoms with E-state index in [2.05, 4.69) is 18.9 Å². The first-order valence-corrected chi connectivity index (χ1v) is 4.69. The Kier molecular flexibility index (Phi) is 1.83. The molecule has 0 bridgehead atoms. The van der Waals surface area contributed by atoms with E-state index in [0.29, 0.717) is 0 Å². The van der Waals surface area contributed by atoms with Gasteiger partial charge >= 0.3 is 5.69 Å². The highest BCUT2D eigenvalue weighted by atomic mass is 16.6. The Morgan fingerprint density at radius 2 is 2.36 bits per heavy atom. The molecule has 5 nitrogen and oxygen atoms in total. The van der Waals surface area contributed by atoms with Crippen molar-refractivity contribution in [1.82, 2.24) is 9.78 Å². The lowest BCUT2D eigenvalue weighted by Gasteiger charge is -2.29. The molecule has 14 heavy (non-hydrogen) atoms. The summed E-state index contributed by atoms with van der Waals surface area (Å²) in [5.74, 6) is 0. The van der Waals surface area contributed by atoms with Gasteiger partial charge in [0.2, 0.25) is 0 Å². The summed E-state index contributed by atoms with van der Waals surface area (Å²) >= 11 is 0. The molecule has 0 aromatic carbocycles. The van der Waals surface area contributed by atoms with E-state index in [0.717, 1.165) is 25.1 Å². The molecule has 0 spiro atoms. The normalized spacial score (nSPS) is 19.0. The standard InChI is InChI=1S/C9H13N3O2/c1-9(2)3-4-11-7(5-9)8(6-10-11)12(13)14/h6H,3-5H2,1-2H3. The lowest BCUT2D eigenvalue weighted by Crippen LogP contribution is -2.26. The number of aromatic nitrogens is 2. The minimum atomic E-state index is -0.347. The summed E-state index contributed by atoms with van der Waals surface area (Å²) in [6.45, 7) is 5.05. The lowest BCUT2D eigenvalue weighted by molar-refractivity contribution is -0.385. The van der Waals surface area contributed by atoms with Gasteiger partial charge in [-0.3, -0.25) is 14.8 Å². The Labute approximate surface area is 81.9 Å². The third-order valence-electron chi connectivity index (χ3n) is 2.77. The van der Waals surface area contributed by atoms with Crippen molar-refractivity contribution < 1.29 is 4.92 Å². The van der Waals surface area contributed by atoms with Gasteiger partial charge in [0, 0.05) is 13.0 Å². The second-order valence-electron chi connectivity index (χ2n) is 4.55. The monoisotopic (exact) mass is 195 g/mol. The molecule has 0 amide bonds. The van der Waals surface area contributed by atoms with Gasteiger partial charge in [-0.1, -0.05) is 13.8 Å². The summed E-state index contributed by atoms with van der Waals surface area (Å²) in [4.78, 5) is 10.4. The molecule has 76 valence electrons. The quantitative estimate of drug-likeness (QED) is 0.506. The second-order valence-corrected chi connectivity index (χ2v) is 4.55. The van der Waals surface area contributed by atoms with Crippen LogP contribution in [-0.4, -0.2) is 14.7 Å². The summed E-state index contributed by atoms with van der Waals surface area (Å²) in [6.07, 6.45) is 3.12. The molecular weight excluding hydrogens is 182 g/mol. The van der Waals surface area contributed by atoms with Crippen LogP contribution < -0.4 is 0 Å². The number of hydrogen-bond acceptors (Lipinski definition) is 3. The van der Waals surface area contributed by atoms with Crippen molar-refractivity contribution in [2.75, 3.05) is 0 Å². The smallest absolute Gasteiger partial charge is 0.262 e. The van der Waals surface area contributed by atoms with Gasteiger partial charge in [0.1, 0.15) is 11.9 Å². The zero-order chi connectivity index (χ0) is 10.3. The molecule has 0 saturated carbocycles. The molecular formula is C9H13N3O2. The Hall–Kier alpha value is -1.39. The highest BCUT2D eigenvalue weighted by molar-refractivity contribution is 5.34. The predicted molar refractivity (Wildman–Crippen MR) is 51.0 cm³/mol.